The second-order valence-electron chi connectivity index (χ2n) is 10.2. The molecule has 2 saturated heterocycles. The molecule has 0 radical (unpaired) electrons. The van der Waals surface area contributed by atoms with E-state index in [1.54, 1.807) is 6.92 Å². The molecule has 17 heteroatoms. The predicted octanol–water partition coefficient (Wildman–Crippen LogP) is 1.66. The van der Waals surface area contributed by atoms with Gasteiger partial charge in [0.2, 0.25) is 0 Å². The lowest BCUT2D eigenvalue weighted by molar-refractivity contribution is -0.165. The molecule has 0 amide bonds. The standard InChI is InChI=1S/C29H36O16S/c1-8-37-29(36)18-9-21(24-25(42-16(6)34)22(40-14(4)32)19(44-24)10-38-12(2)30)46-28(18)27-26(43-17(7)35)23(41-15(5)33)20(45-27)11-39-13(3)31/h9,19-20,22-27H,8,10-11H2,1-7H3/t19-,20+,22-,23+,24+,25-,26+,27+/m1/s1. The summed E-state index contributed by atoms with van der Waals surface area (Å²) in [4.78, 5) is 85.2. The molecule has 1 aromatic rings. The normalized spacial score (nSPS) is 26.8. The Balaban J connectivity index is 2.15. The molecule has 16 nitrogen and oxygen atoms in total. The van der Waals surface area contributed by atoms with E-state index in [0.717, 1.165) is 39.0 Å². The highest BCUT2D eigenvalue weighted by molar-refractivity contribution is 7.12. The van der Waals surface area contributed by atoms with Crippen LogP contribution in [0.2, 0.25) is 0 Å². The lowest BCUT2D eigenvalue weighted by Gasteiger charge is -2.23. The lowest BCUT2D eigenvalue weighted by atomic mass is 10.0. The molecule has 0 aromatic carbocycles. The summed E-state index contributed by atoms with van der Waals surface area (Å²) in [5.74, 6) is -5.05. The zero-order chi connectivity index (χ0) is 34.3. The van der Waals surface area contributed by atoms with Crippen molar-refractivity contribution in [2.75, 3.05) is 19.8 Å². The second kappa shape index (κ2) is 16.0. The number of hydrogen-bond acceptors (Lipinski definition) is 17. The first-order valence-corrected chi connectivity index (χ1v) is 15.0. The van der Waals surface area contributed by atoms with Crippen molar-refractivity contribution in [2.24, 2.45) is 0 Å². The van der Waals surface area contributed by atoms with Crippen molar-refractivity contribution >= 4 is 53.1 Å². The van der Waals surface area contributed by atoms with Crippen molar-refractivity contribution in [2.45, 2.75) is 97.3 Å². The number of ether oxygens (including phenoxy) is 9. The van der Waals surface area contributed by atoms with E-state index >= 15 is 0 Å². The van der Waals surface area contributed by atoms with Crippen LogP contribution in [-0.4, -0.2) is 98.2 Å². The summed E-state index contributed by atoms with van der Waals surface area (Å²) in [7, 11) is 0. The maximum atomic E-state index is 13.3. The molecule has 3 heterocycles. The molecule has 0 spiro atoms. The van der Waals surface area contributed by atoms with Gasteiger partial charge in [0, 0.05) is 46.4 Å². The highest BCUT2D eigenvalue weighted by Crippen LogP contribution is 2.47. The minimum Gasteiger partial charge on any atom is -0.463 e. The molecular weight excluding hydrogens is 636 g/mol. The van der Waals surface area contributed by atoms with Gasteiger partial charge in [-0.05, 0) is 13.0 Å². The quantitative estimate of drug-likeness (QED) is 0.229. The summed E-state index contributed by atoms with van der Waals surface area (Å²) in [6.07, 6.45) is -9.59. The van der Waals surface area contributed by atoms with Crippen LogP contribution in [0.1, 0.15) is 80.8 Å². The van der Waals surface area contributed by atoms with Crippen LogP contribution in [0.5, 0.6) is 0 Å². The highest BCUT2D eigenvalue weighted by atomic mass is 32.1. The fourth-order valence-corrected chi connectivity index (χ4v) is 6.31. The van der Waals surface area contributed by atoms with Crippen molar-refractivity contribution in [3.05, 3.63) is 21.4 Å². The Bertz CT molecular complexity index is 1340. The van der Waals surface area contributed by atoms with Crippen LogP contribution in [0.4, 0.5) is 0 Å². The van der Waals surface area contributed by atoms with Crippen LogP contribution in [0.25, 0.3) is 0 Å². The van der Waals surface area contributed by atoms with Gasteiger partial charge in [0.05, 0.1) is 17.0 Å². The zero-order valence-electron chi connectivity index (χ0n) is 26.3. The number of rotatable bonds is 12. The average molecular weight is 673 g/mol. The molecule has 0 N–H and O–H groups in total. The van der Waals surface area contributed by atoms with E-state index in [4.69, 9.17) is 42.6 Å². The summed E-state index contributed by atoms with van der Waals surface area (Å²) in [6, 6.07) is 1.40. The second-order valence-corrected chi connectivity index (χ2v) is 11.4. The molecular formula is C29H36O16S. The molecule has 1 aromatic heterocycles. The van der Waals surface area contributed by atoms with Crippen molar-refractivity contribution in [3.63, 3.8) is 0 Å². The summed E-state index contributed by atoms with van der Waals surface area (Å²) in [6.45, 7) is 7.72. The topological polar surface area (TPSA) is 203 Å². The zero-order valence-corrected chi connectivity index (χ0v) is 27.1. The fourth-order valence-electron chi connectivity index (χ4n) is 5.02. The van der Waals surface area contributed by atoms with Gasteiger partial charge in [-0.2, -0.15) is 0 Å². The molecule has 2 fully saturated rings. The molecule has 254 valence electrons. The van der Waals surface area contributed by atoms with E-state index in [9.17, 15) is 33.6 Å². The first-order chi connectivity index (χ1) is 21.6. The first-order valence-electron chi connectivity index (χ1n) is 14.2. The van der Waals surface area contributed by atoms with E-state index in [1.807, 2.05) is 0 Å². The van der Waals surface area contributed by atoms with E-state index in [-0.39, 0.29) is 35.1 Å². The minimum absolute atomic E-state index is 0.0114. The third-order valence-corrected chi connectivity index (χ3v) is 7.80. The number of esters is 7. The molecule has 8 atom stereocenters. The number of thiophene rings is 1. The van der Waals surface area contributed by atoms with Crippen LogP contribution < -0.4 is 0 Å². The van der Waals surface area contributed by atoms with E-state index in [1.165, 1.54) is 19.9 Å². The average Bonchev–Trinajstić information content (AvgIpc) is 3.60. The van der Waals surface area contributed by atoms with E-state index < -0.39 is 90.6 Å². The number of carbonyl (C=O) groups is 7. The molecule has 3 rings (SSSR count). The van der Waals surface area contributed by atoms with Gasteiger partial charge >= 0.3 is 41.8 Å². The Kier molecular flexibility index (Phi) is 12.6. The Labute approximate surface area is 267 Å². The first kappa shape index (κ1) is 36.4. The molecule has 2 aliphatic heterocycles. The maximum Gasteiger partial charge on any atom is 0.339 e. The molecule has 0 bridgehead atoms. The molecule has 0 saturated carbocycles. The Morgan fingerprint density at radius 1 is 0.609 bits per heavy atom. The van der Waals surface area contributed by atoms with Gasteiger partial charge in [-0.1, -0.05) is 0 Å². The molecule has 2 aliphatic rings. The monoisotopic (exact) mass is 672 g/mol. The van der Waals surface area contributed by atoms with Crippen LogP contribution in [-0.2, 0) is 71.4 Å². The van der Waals surface area contributed by atoms with Crippen LogP contribution in [0, 0.1) is 0 Å². The SMILES string of the molecule is CCOC(=O)c1cc([C@@H]2O[C@H](COC(C)=O)[C@@H](OC(C)=O)[C@H]2OC(C)=O)sc1[C@H]1O[C@@H](COC(C)=O)[C@H](OC(C)=O)[C@@H]1OC(C)=O. The van der Waals surface area contributed by atoms with Gasteiger partial charge in [0.25, 0.3) is 0 Å². The molecule has 0 unspecified atom stereocenters. The van der Waals surface area contributed by atoms with Crippen molar-refractivity contribution in [1.29, 1.82) is 0 Å². The predicted molar refractivity (Wildman–Crippen MR) is 151 cm³/mol. The third kappa shape index (κ3) is 9.23. The maximum absolute atomic E-state index is 13.3. The fraction of sp³-hybridized carbons (Fsp3) is 0.621. The van der Waals surface area contributed by atoms with Crippen LogP contribution in [0.3, 0.4) is 0 Å². The van der Waals surface area contributed by atoms with Gasteiger partial charge in [-0.3, -0.25) is 28.8 Å². The smallest absolute Gasteiger partial charge is 0.339 e. The Morgan fingerprint density at radius 2 is 1.02 bits per heavy atom. The van der Waals surface area contributed by atoms with Gasteiger partial charge in [-0.25, -0.2) is 4.79 Å². The summed E-state index contributed by atoms with van der Waals surface area (Å²) < 4.78 is 49.6. The summed E-state index contributed by atoms with van der Waals surface area (Å²) in [5.41, 5.74) is -0.0450. The van der Waals surface area contributed by atoms with Gasteiger partial charge in [-0.15, -0.1) is 11.3 Å². The summed E-state index contributed by atoms with van der Waals surface area (Å²) >= 11 is 0.935. The van der Waals surface area contributed by atoms with E-state index in [0.29, 0.717) is 0 Å². The molecule has 0 aliphatic carbocycles. The number of carbonyl (C=O) groups excluding carboxylic acids is 7. The third-order valence-electron chi connectivity index (χ3n) is 6.54. The lowest BCUT2D eigenvalue weighted by Crippen LogP contribution is -2.40. The number of hydrogen-bond donors (Lipinski definition) is 0. The Hall–Kier alpha value is -4.09. The van der Waals surface area contributed by atoms with E-state index in [2.05, 4.69) is 0 Å². The summed E-state index contributed by atoms with van der Waals surface area (Å²) in [5, 5.41) is 0. The molecule has 46 heavy (non-hydrogen) atoms. The van der Waals surface area contributed by atoms with Crippen LogP contribution >= 0.6 is 11.3 Å². The van der Waals surface area contributed by atoms with Crippen molar-refractivity contribution in [3.8, 4) is 0 Å². The highest BCUT2D eigenvalue weighted by Gasteiger charge is 2.54. The van der Waals surface area contributed by atoms with Gasteiger partial charge in [0.1, 0.15) is 37.6 Å². The van der Waals surface area contributed by atoms with Crippen molar-refractivity contribution < 1.29 is 76.2 Å². The van der Waals surface area contributed by atoms with Crippen molar-refractivity contribution in [1.82, 2.24) is 0 Å². The Morgan fingerprint density at radius 3 is 1.43 bits per heavy atom. The van der Waals surface area contributed by atoms with Crippen LogP contribution in [0.15, 0.2) is 6.07 Å². The largest absolute Gasteiger partial charge is 0.463 e. The van der Waals surface area contributed by atoms with Gasteiger partial charge < -0.3 is 42.6 Å². The van der Waals surface area contributed by atoms with Gasteiger partial charge in [0.15, 0.2) is 24.4 Å². The minimum atomic E-state index is -1.30.